The minimum absolute atomic E-state index is 0.154. The maximum Gasteiger partial charge on any atom is 0.239 e. The van der Waals surface area contributed by atoms with Crippen molar-refractivity contribution >= 4 is 17.9 Å². The Morgan fingerprint density at radius 3 is 2.17 bits per heavy atom. The van der Waals surface area contributed by atoms with Crippen LogP contribution in [-0.4, -0.2) is 63.3 Å². The summed E-state index contributed by atoms with van der Waals surface area (Å²) in [6.07, 6.45) is 6.09. The van der Waals surface area contributed by atoms with Gasteiger partial charge in [-0.05, 0) is 56.6 Å². The summed E-state index contributed by atoms with van der Waals surface area (Å²) in [6.45, 7) is 9.31. The first-order valence-corrected chi connectivity index (χ1v) is 13.4. The number of pyridine rings is 1. The molecule has 4 rings (SSSR count). The van der Waals surface area contributed by atoms with E-state index >= 15 is 0 Å². The van der Waals surface area contributed by atoms with Gasteiger partial charge in [0.25, 0.3) is 0 Å². The van der Waals surface area contributed by atoms with Crippen LogP contribution in [0.3, 0.4) is 0 Å². The highest BCUT2D eigenvalue weighted by Gasteiger charge is 2.24. The van der Waals surface area contributed by atoms with Gasteiger partial charge in [0.05, 0.1) is 21.3 Å². The van der Waals surface area contributed by atoms with Crippen LogP contribution in [-0.2, 0) is 6.42 Å². The Hall–Kier alpha value is -4.16. The van der Waals surface area contributed by atoms with Crippen LogP contribution in [0.15, 0.2) is 61.4 Å². The molecule has 0 saturated carbocycles. The zero-order valence-electron chi connectivity index (χ0n) is 24.1. The van der Waals surface area contributed by atoms with Crippen molar-refractivity contribution in [2.24, 2.45) is 5.73 Å². The van der Waals surface area contributed by atoms with Crippen LogP contribution in [0.4, 0.5) is 5.95 Å². The fourth-order valence-electron chi connectivity index (χ4n) is 3.41. The van der Waals surface area contributed by atoms with E-state index in [0.29, 0.717) is 47.0 Å². The van der Waals surface area contributed by atoms with Crippen molar-refractivity contribution in [1.82, 2.24) is 29.7 Å². The average Bonchev–Trinajstić information content (AvgIpc) is 3.41. The molecular weight excluding hydrogens is 528 g/mol. The summed E-state index contributed by atoms with van der Waals surface area (Å²) in [5, 5.41) is 9.02. The number of nitrogens with zero attached hydrogens (tertiary/aromatic N) is 6. The summed E-state index contributed by atoms with van der Waals surface area (Å²) in [5.41, 5.74) is 6.77. The second kappa shape index (κ2) is 16.7. The van der Waals surface area contributed by atoms with Gasteiger partial charge >= 0.3 is 0 Å². The summed E-state index contributed by atoms with van der Waals surface area (Å²) >= 11 is 1.50. The minimum atomic E-state index is 0.154. The molecule has 0 bridgehead atoms. The minimum Gasteiger partial charge on any atom is -0.494 e. The molecule has 3 N–H and O–H groups in total. The molecule has 0 spiro atoms. The Morgan fingerprint density at radius 1 is 1.00 bits per heavy atom. The fraction of sp³-hybridized carbons (Fsp3) is 0.321. The molecule has 40 heavy (non-hydrogen) atoms. The monoisotopic (exact) mass is 566 g/mol. The Bertz CT molecular complexity index is 1310. The van der Waals surface area contributed by atoms with Crippen molar-refractivity contribution in [2.45, 2.75) is 32.4 Å². The maximum absolute atomic E-state index is 5.66. The fourth-order valence-corrected chi connectivity index (χ4v) is 4.08. The molecule has 1 unspecified atom stereocenters. The van der Waals surface area contributed by atoms with E-state index < -0.39 is 0 Å². The molecule has 0 fully saturated rings. The second-order valence-corrected chi connectivity index (χ2v) is 9.32. The maximum atomic E-state index is 5.66. The summed E-state index contributed by atoms with van der Waals surface area (Å²) in [7, 11) is 6.29. The summed E-state index contributed by atoms with van der Waals surface area (Å²) in [4.78, 5) is 13.4. The number of hydrogen-bond acceptors (Lipinski definition) is 11. The number of rotatable bonds is 10. The van der Waals surface area contributed by atoms with Gasteiger partial charge < -0.3 is 19.9 Å². The zero-order valence-corrected chi connectivity index (χ0v) is 24.9. The Labute approximate surface area is 240 Å². The highest BCUT2D eigenvalue weighted by Crippen LogP contribution is 2.38. The predicted octanol–water partition coefficient (Wildman–Crippen LogP) is 4.91. The number of nitrogens with one attached hydrogen (secondary N) is 1. The number of nitrogens with two attached hydrogens (primary N) is 1. The molecule has 3 heterocycles. The third kappa shape index (κ3) is 8.42. The standard InChI is InChI=1S/C24H27N7O3S.C3H6.CH5N/c1-15-13-25-20(26-14-15)12-16(2)35-30-24-29-28-23(17-8-6-11-21(27-17)34-5)31(24)22-18(32-3)9-7-10-19(22)33-4;1-3-2;1-2/h6-11,13-14,16H,12H2,1-5H3,(H,29,30);3H,1H2,2H3;2H2,1H3. The number of hydrogen-bond donors (Lipinski definition) is 2. The van der Waals surface area contributed by atoms with Gasteiger partial charge in [-0.3, -0.25) is 9.29 Å². The van der Waals surface area contributed by atoms with E-state index in [1.54, 1.807) is 33.5 Å². The molecule has 0 radical (unpaired) electrons. The summed E-state index contributed by atoms with van der Waals surface area (Å²) in [5.74, 6) is 3.45. The molecule has 0 aliphatic rings. The third-order valence-electron chi connectivity index (χ3n) is 5.11. The van der Waals surface area contributed by atoms with Crippen molar-refractivity contribution in [1.29, 1.82) is 0 Å². The quantitative estimate of drug-likeness (QED) is 0.200. The van der Waals surface area contributed by atoms with Gasteiger partial charge in [-0.2, -0.15) is 0 Å². The van der Waals surface area contributed by atoms with E-state index in [0.717, 1.165) is 11.4 Å². The van der Waals surface area contributed by atoms with Crippen LogP contribution in [0.1, 0.15) is 25.2 Å². The van der Waals surface area contributed by atoms with E-state index in [-0.39, 0.29) is 5.25 Å². The molecule has 3 aromatic heterocycles. The van der Waals surface area contributed by atoms with Crippen LogP contribution >= 0.6 is 11.9 Å². The third-order valence-corrected chi connectivity index (χ3v) is 5.98. The molecule has 0 aliphatic carbocycles. The highest BCUT2D eigenvalue weighted by atomic mass is 32.2. The number of aryl methyl sites for hydroxylation is 1. The van der Waals surface area contributed by atoms with Gasteiger partial charge in [0.2, 0.25) is 11.8 Å². The molecule has 214 valence electrons. The SMILES string of the molecule is C=CC.CN.COc1cccc(-c2nnc(NSC(C)Cc3ncc(C)cn3)n2-c2c(OC)cccc2OC)n1. The predicted molar refractivity (Wildman–Crippen MR) is 161 cm³/mol. The van der Waals surface area contributed by atoms with Crippen molar-refractivity contribution in [3.05, 3.63) is 72.8 Å². The topological polar surface area (TPSA) is 135 Å². The Kier molecular flexibility index (Phi) is 13.4. The van der Waals surface area contributed by atoms with Gasteiger partial charge in [0, 0.05) is 30.1 Å². The molecule has 1 aromatic carbocycles. The lowest BCUT2D eigenvalue weighted by atomic mass is 10.2. The normalized spacial score (nSPS) is 10.7. The first kappa shape index (κ1) is 32.1. The van der Waals surface area contributed by atoms with Crippen molar-refractivity contribution in [3.63, 3.8) is 0 Å². The van der Waals surface area contributed by atoms with Crippen LogP contribution in [0.2, 0.25) is 0 Å². The van der Waals surface area contributed by atoms with Crippen molar-refractivity contribution in [2.75, 3.05) is 33.1 Å². The van der Waals surface area contributed by atoms with E-state index in [9.17, 15) is 0 Å². The van der Waals surface area contributed by atoms with Crippen molar-refractivity contribution < 1.29 is 14.2 Å². The van der Waals surface area contributed by atoms with Crippen LogP contribution in [0.25, 0.3) is 17.2 Å². The van der Waals surface area contributed by atoms with Gasteiger partial charge in [0.15, 0.2) is 5.82 Å². The zero-order chi connectivity index (χ0) is 29.5. The van der Waals surface area contributed by atoms with E-state index in [4.69, 9.17) is 14.2 Å². The van der Waals surface area contributed by atoms with E-state index in [2.05, 4.69) is 49.1 Å². The lowest BCUT2D eigenvalue weighted by molar-refractivity contribution is 0.391. The second-order valence-electron chi connectivity index (χ2n) is 8.08. The highest BCUT2D eigenvalue weighted by molar-refractivity contribution is 8.01. The number of benzene rings is 1. The van der Waals surface area contributed by atoms with Gasteiger partial charge in [-0.25, -0.2) is 15.0 Å². The van der Waals surface area contributed by atoms with E-state index in [1.807, 2.05) is 61.1 Å². The number of para-hydroxylation sites is 1. The first-order valence-electron chi connectivity index (χ1n) is 12.5. The number of allylic oxidation sites excluding steroid dienone is 1. The van der Waals surface area contributed by atoms with Crippen molar-refractivity contribution in [3.8, 4) is 34.6 Å². The van der Waals surface area contributed by atoms with Crippen LogP contribution in [0, 0.1) is 6.92 Å². The van der Waals surface area contributed by atoms with Gasteiger partial charge in [-0.15, -0.1) is 16.8 Å². The molecule has 0 amide bonds. The average molecular weight is 567 g/mol. The lowest BCUT2D eigenvalue weighted by Crippen LogP contribution is -2.11. The molecule has 11 nitrogen and oxygen atoms in total. The van der Waals surface area contributed by atoms with E-state index in [1.165, 1.54) is 19.0 Å². The van der Waals surface area contributed by atoms with Gasteiger partial charge in [0.1, 0.15) is 28.7 Å². The van der Waals surface area contributed by atoms with Crippen LogP contribution < -0.4 is 24.7 Å². The van der Waals surface area contributed by atoms with Gasteiger partial charge in [-0.1, -0.05) is 25.1 Å². The number of methoxy groups -OCH3 is 3. The lowest BCUT2D eigenvalue weighted by Gasteiger charge is -2.18. The molecule has 12 heteroatoms. The smallest absolute Gasteiger partial charge is 0.239 e. The first-order chi connectivity index (χ1) is 19.4. The molecule has 4 aromatic rings. The summed E-state index contributed by atoms with van der Waals surface area (Å²) in [6, 6.07) is 11.0. The number of ether oxygens (including phenoxy) is 3. The molecule has 1 atom stereocenters. The number of anilines is 1. The van der Waals surface area contributed by atoms with Crippen LogP contribution in [0.5, 0.6) is 17.4 Å². The molecule has 0 saturated heterocycles. The molecular formula is C28H38N8O3S. The Morgan fingerprint density at radius 2 is 1.60 bits per heavy atom. The molecule has 0 aliphatic heterocycles. The largest absolute Gasteiger partial charge is 0.494 e. The number of aromatic nitrogens is 6. The Balaban J connectivity index is 0.00000105. The summed E-state index contributed by atoms with van der Waals surface area (Å²) < 4.78 is 21.8.